The van der Waals surface area contributed by atoms with E-state index in [4.69, 9.17) is 4.74 Å². The van der Waals surface area contributed by atoms with Crippen molar-refractivity contribution < 1.29 is 19.4 Å². The molecule has 6 heteroatoms. The van der Waals surface area contributed by atoms with Gasteiger partial charge in [-0.2, -0.15) is 0 Å². The highest BCUT2D eigenvalue weighted by atomic mass is 16.5. The number of carbonyl (C=O) groups excluding carboxylic acids is 1. The molecule has 6 rings (SSSR count). The van der Waals surface area contributed by atoms with Crippen LogP contribution in [-0.4, -0.2) is 30.1 Å². The van der Waals surface area contributed by atoms with E-state index in [0.717, 1.165) is 33.3 Å². The lowest BCUT2D eigenvalue weighted by atomic mass is 9.84. The zero-order chi connectivity index (χ0) is 32.6. The molecule has 0 bridgehead atoms. The van der Waals surface area contributed by atoms with Crippen molar-refractivity contribution in [3.8, 4) is 5.75 Å². The van der Waals surface area contributed by atoms with Crippen LogP contribution < -0.4 is 15.0 Å². The highest BCUT2D eigenvalue weighted by Gasteiger charge is 2.22. The zero-order valence-corrected chi connectivity index (χ0v) is 26.9. The summed E-state index contributed by atoms with van der Waals surface area (Å²) < 4.78 is 5.36. The number of carbonyl (C=O) groups is 2. The molecule has 6 nitrogen and oxygen atoms in total. The number of rotatable bonds is 12. The molecule has 1 atom stereocenters. The molecule has 2 N–H and O–H groups in total. The summed E-state index contributed by atoms with van der Waals surface area (Å²) in [6.45, 7) is 1.36. The molecule has 5 aromatic rings. The molecule has 1 unspecified atom stereocenters. The van der Waals surface area contributed by atoms with Crippen LogP contribution in [0.5, 0.6) is 5.75 Å². The largest absolute Gasteiger partial charge is 0.497 e. The van der Waals surface area contributed by atoms with Gasteiger partial charge in [-0.25, -0.2) is 4.79 Å². The maximum Gasteiger partial charge on any atom is 0.326 e. The molecule has 0 aliphatic heterocycles. The second-order valence-corrected chi connectivity index (χ2v) is 12.6. The number of benzene rings is 5. The fourth-order valence-corrected chi connectivity index (χ4v) is 6.61. The Balaban J connectivity index is 1.15. The van der Waals surface area contributed by atoms with Gasteiger partial charge in [-0.3, -0.25) is 4.79 Å². The number of nitrogens with one attached hydrogen (secondary N) is 1. The summed E-state index contributed by atoms with van der Waals surface area (Å²) in [6.07, 6.45) is 6.70. The second-order valence-electron chi connectivity index (χ2n) is 12.6. The fourth-order valence-electron chi connectivity index (χ4n) is 6.61. The van der Waals surface area contributed by atoms with Crippen LogP contribution in [0.25, 0.3) is 10.8 Å². The Labute approximate surface area is 277 Å². The third kappa shape index (κ3) is 8.20. The Bertz CT molecular complexity index is 1790. The van der Waals surface area contributed by atoms with Gasteiger partial charge in [0.1, 0.15) is 11.8 Å². The first-order valence-electron chi connectivity index (χ1n) is 16.5. The number of hydrogen-bond donors (Lipinski definition) is 2. The summed E-state index contributed by atoms with van der Waals surface area (Å²) in [6, 6.07) is 37.4. The molecule has 1 saturated carbocycles. The second kappa shape index (κ2) is 15.0. The molecule has 240 valence electrons. The minimum atomic E-state index is -1.06. The van der Waals surface area contributed by atoms with Gasteiger partial charge in [-0.1, -0.05) is 98.1 Å². The molecular formula is C41H42N2O4. The molecule has 5 aromatic carbocycles. The molecule has 0 radical (unpaired) electrons. The van der Waals surface area contributed by atoms with E-state index in [1.54, 1.807) is 19.2 Å². The number of carboxylic acid groups (broad SMARTS) is 1. The topological polar surface area (TPSA) is 78.9 Å². The van der Waals surface area contributed by atoms with Crippen LogP contribution in [0.3, 0.4) is 0 Å². The summed E-state index contributed by atoms with van der Waals surface area (Å²) in [7, 11) is 1.67. The van der Waals surface area contributed by atoms with Gasteiger partial charge in [0.15, 0.2) is 0 Å². The minimum absolute atomic E-state index is 0.198. The monoisotopic (exact) mass is 626 g/mol. The van der Waals surface area contributed by atoms with Crippen molar-refractivity contribution in [1.82, 2.24) is 5.32 Å². The summed E-state index contributed by atoms with van der Waals surface area (Å²) in [5.74, 6) is 0.0122. The van der Waals surface area contributed by atoms with E-state index in [-0.39, 0.29) is 6.42 Å². The van der Waals surface area contributed by atoms with E-state index < -0.39 is 17.9 Å². The van der Waals surface area contributed by atoms with Crippen LogP contribution in [0.15, 0.2) is 115 Å². The number of fused-ring (bicyclic) bond motifs is 1. The molecule has 1 aliphatic rings. The Kier molecular flexibility index (Phi) is 10.2. The Morgan fingerprint density at radius 1 is 0.766 bits per heavy atom. The van der Waals surface area contributed by atoms with Crippen molar-refractivity contribution in [2.45, 2.75) is 63.6 Å². The van der Waals surface area contributed by atoms with Crippen molar-refractivity contribution in [3.05, 3.63) is 143 Å². The number of aliphatic carboxylic acids is 1. The number of ether oxygens (including phenoxy) is 1. The third-order valence-electron chi connectivity index (χ3n) is 9.31. The Morgan fingerprint density at radius 3 is 2.02 bits per heavy atom. The number of hydrogen-bond acceptors (Lipinski definition) is 4. The van der Waals surface area contributed by atoms with Gasteiger partial charge in [0.05, 0.1) is 7.11 Å². The molecule has 0 aromatic heterocycles. The molecule has 47 heavy (non-hydrogen) atoms. The SMILES string of the molecule is COc1ccc(CN(Cc2ccc(C(=O)NC(Cc3ccc4ccccc4c3)C(=O)O)cc2)c2ccc(C3CCCCC3)cc2)cc1. The summed E-state index contributed by atoms with van der Waals surface area (Å²) >= 11 is 0. The standard InChI is InChI=1S/C41H42N2O4/c1-47-38-23-14-30(15-24-38)28-43(37-21-19-34(20-22-37)32-7-3-2-4-8-32)27-29-11-17-35(18-12-29)40(44)42-39(41(45)46)26-31-13-16-33-9-5-6-10-36(33)25-31/h5-6,9-25,32,39H,2-4,7-8,26-28H2,1H3,(H,42,44)(H,45,46). The van der Waals surface area contributed by atoms with Gasteiger partial charge in [0.25, 0.3) is 5.91 Å². The maximum absolute atomic E-state index is 13.2. The number of amides is 1. The molecule has 0 heterocycles. The minimum Gasteiger partial charge on any atom is -0.497 e. The van der Waals surface area contributed by atoms with Crippen LogP contribution in [0.1, 0.15) is 70.6 Å². The van der Waals surface area contributed by atoms with Crippen LogP contribution in [-0.2, 0) is 24.3 Å². The lowest BCUT2D eigenvalue weighted by Crippen LogP contribution is -2.42. The Hall–Kier alpha value is -5.10. The lowest BCUT2D eigenvalue weighted by molar-refractivity contribution is -0.139. The van der Waals surface area contributed by atoms with Crippen molar-refractivity contribution in [1.29, 1.82) is 0 Å². The first-order chi connectivity index (χ1) is 22.9. The fraction of sp³-hybridized carbons (Fsp3) is 0.268. The van der Waals surface area contributed by atoms with E-state index >= 15 is 0 Å². The molecule has 1 fully saturated rings. The van der Waals surface area contributed by atoms with Gasteiger partial charge in [0.2, 0.25) is 0 Å². The molecule has 0 spiro atoms. The number of anilines is 1. The Morgan fingerprint density at radius 2 is 1.38 bits per heavy atom. The molecule has 1 aliphatic carbocycles. The highest BCUT2D eigenvalue weighted by molar-refractivity contribution is 5.96. The third-order valence-corrected chi connectivity index (χ3v) is 9.31. The smallest absolute Gasteiger partial charge is 0.326 e. The van der Waals surface area contributed by atoms with E-state index in [0.29, 0.717) is 24.6 Å². The van der Waals surface area contributed by atoms with E-state index in [9.17, 15) is 14.7 Å². The number of nitrogens with zero attached hydrogens (tertiary/aromatic N) is 1. The lowest BCUT2D eigenvalue weighted by Gasteiger charge is -2.27. The van der Waals surface area contributed by atoms with Gasteiger partial charge >= 0.3 is 5.97 Å². The van der Waals surface area contributed by atoms with Crippen molar-refractivity contribution >= 4 is 28.3 Å². The zero-order valence-electron chi connectivity index (χ0n) is 26.9. The van der Waals surface area contributed by atoms with E-state index in [2.05, 4.69) is 46.6 Å². The number of methoxy groups -OCH3 is 1. The normalized spacial score (nSPS) is 14.0. The quantitative estimate of drug-likeness (QED) is 0.145. The summed E-state index contributed by atoms with van der Waals surface area (Å²) in [5.41, 5.74) is 6.07. The van der Waals surface area contributed by atoms with Gasteiger partial charge in [-0.05, 0) is 88.2 Å². The van der Waals surface area contributed by atoms with Gasteiger partial charge in [0, 0.05) is 30.8 Å². The van der Waals surface area contributed by atoms with Crippen LogP contribution in [0, 0.1) is 0 Å². The summed E-state index contributed by atoms with van der Waals surface area (Å²) in [5, 5.41) is 14.8. The molecule has 1 amide bonds. The van der Waals surface area contributed by atoms with Crippen molar-refractivity contribution in [3.63, 3.8) is 0 Å². The van der Waals surface area contributed by atoms with Gasteiger partial charge in [-0.15, -0.1) is 0 Å². The number of carboxylic acids is 1. The van der Waals surface area contributed by atoms with Crippen LogP contribution >= 0.6 is 0 Å². The van der Waals surface area contributed by atoms with E-state index in [1.165, 1.54) is 43.2 Å². The van der Waals surface area contributed by atoms with Crippen molar-refractivity contribution in [2.24, 2.45) is 0 Å². The molecular weight excluding hydrogens is 584 g/mol. The highest BCUT2D eigenvalue weighted by Crippen LogP contribution is 2.34. The average molecular weight is 627 g/mol. The molecule has 0 saturated heterocycles. The average Bonchev–Trinajstić information content (AvgIpc) is 3.12. The first-order valence-corrected chi connectivity index (χ1v) is 16.5. The van der Waals surface area contributed by atoms with E-state index in [1.807, 2.05) is 66.7 Å². The van der Waals surface area contributed by atoms with Crippen LogP contribution in [0.4, 0.5) is 5.69 Å². The van der Waals surface area contributed by atoms with Gasteiger partial charge < -0.3 is 20.1 Å². The summed E-state index contributed by atoms with van der Waals surface area (Å²) in [4.78, 5) is 27.6. The predicted molar refractivity (Wildman–Crippen MR) is 188 cm³/mol. The van der Waals surface area contributed by atoms with Crippen LogP contribution in [0.2, 0.25) is 0 Å². The maximum atomic E-state index is 13.2. The first kappa shape index (κ1) is 31.9. The van der Waals surface area contributed by atoms with Crippen molar-refractivity contribution in [2.75, 3.05) is 12.0 Å². The predicted octanol–water partition coefficient (Wildman–Crippen LogP) is 8.53.